The Labute approximate surface area is 205 Å². The molecule has 0 spiro atoms. The van der Waals surface area contributed by atoms with Crippen LogP contribution in [0.5, 0.6) is 0 Å². The average molecular weight is 466 g/mol. The number of hydrogen-bond acceptors (Lipinski definition) is 0. The Morgan fingerprint density at radius 2 is 1.31 bits per heavy atom. The Bertz CT molecular complexity index is 1810. The van der Waals surface area contributed by atoms with Gasteiger partial charge in [-0.25, -0.2) is 0 Å². The molecule has 1 nitrogen and oxygen atoms in total. The van der Waals surface area contributed by atoms with Gasteiger partial charge in [0.15, 0.2) is 0 Å². The van der Waals surface area contributed by atoms with Crippen molar-refractivity contribution in [2.45, 2.75) is 16.2 Å². The first-order valence-corrected chi connectivity index (χ1v) is 13.8. The lowest BCUT2D eigenvalue weighted by atomic mass is 9.94. The smallest absolute Gasteiger partial charge is 0.0518 e. The van der Waals surface area contributed by atoms with Gasteiger partial charge in [-0.1, -0.05) is 84.9 Å². The van der Waals surface area contributed by atoms with Crippen molar-refractivity contribution in [3.63, 3.8) is 0 Å². The van der Waals surface area contributed by atoms with Crippen molar-refractivity contribution in [2.24, 2.45) is 0 Å². The minimum absolute atomic E-state index is 0.953. The molecule has 4 aromatic carbocycles. The van der Waals surface area contributed by atoms with Crippen LogP contribution >= 0.6 is 10.0 Å². The molecule has 2 aliphatic carbocycles. The maximum absolute atomic E-state index is 3.85. The fourth-order valence-corrected chi connectivity index (χ4v) is 10.7. The van der Waals surface area contributed by atoms with Crippen molar-refractivity contribution in [1.82, 2.24) is 4.98 Å². The van der Waals surface area contributed by atoms with Crippen molar-refractivity contribution in [1.29, 1.82) is 0 Å². The van der Waals surface area contributed by atoms with Crippen LogP contribution in [0.3, 0.4) is 0 Å². The van der Waals surface area contributed by atoms with Crippen molar-refractivity contribution in [3.05, 3.63) is 147 Å². The van der Waals surface area contributed by atoms with Gasteiger partial charge in [0.05, 0.1) is 5.69 Å². The highest BCUT2D eigenvalue weighted by Gasteiger charge is 2.49. The normalized spacial score (nSPS) is 17.8. The zero-order valence-electron chi connectivity index (χ0n) is 19.2. The van der Waals surface area contributed by atoms with Crippen molar-refractivity contribution < 1.29 is 0 Å². The highest BCUT2D eigenvalue weighted by Crippen LogP contribution is 2.82. The van der Waals surface area contributed by atoms with Crippen LogP contribution < -0.4 is 10.4 Å². The molecule has 8 rings (SSSR count). The molecule has 166 valence electrons. The van der Waals surface area contributed by atoms with Gasteiger partial charge in [-0.15, -0.1) is 10.0 Å². The molecule has 0 saturated heterocycles. The summed E-state index contributed by atoms with van der Waals surface area (Å²) in [5.74, 6) is 0. The molecular formula is C33H23NS. The molecule has 1 aliphatic heterocycles. The van der Waals surface area contributed by atoms with Gasteiger partial charge in [0.2, 0.25) is 0 Å². The zero-order valence-corrected chi connectivity index (χ0v) is 20.0. The van der Waals surface area contributed by atoms with Crippen LogP contribution in [0.15, 0.2) is 136 Å². The summed E-state index contributed by atoms with van der Waals surface area (Å²) >= 11 is 0. The molecule has 0 amide bonds. The minimum Gasteiger partial charge on any atom is -0.354 e. The minimum atomic E-state index is -1.64. The summed E-state index contributed by atoms with van der Waals surface area (Å²) < 4.78 is 0. The van der Waals surface area contributed by atoms with Crippen LogP contribution in [0.1, 0.15) is 11.3 Å². The summed E-state index contributed by atoms with van der Waals surface area (Å²) in [7, 11) is -1.64. The van der Waals surface area contributed by atoms with E-state index in [0.29, 0.717) is 0 Å². The molecule has 2 heteroatoms. The lowest BCUT2D eigenvalue weighted by Crippen LogP contribution is -2.23. The second-order valence-electron chi connectivity index (χ2n) is 9.38. The van der Waals surface area contributed by atoms with Gasteiger partial charge in [-0.05, 0) is 64.4 Å². The van der Waals surface area contributed by atoms with Gasteiger partial charge < -0.3 is 4.98 Å². The predicted octanol–water partition coefficient (Wildman–Crippen LogP) is 6.90. The summed E-state index contributed by atoms with van der Waals surface area (Å²) in [6.45, 7) is 0. The molecule has 3 aliphatic rings. The molecule has 1 aromatic heterocycles. The Morgan fingerprint density at radius 3 is 2.09 bits per heavy atom. The van der Waals surface area contributed by atoms with Gasteiger partial charge >= 0.3 is 0 Å². The van der Waals surface area contributed by atoms with E-state index < -0.39 is 10.0 Å². The SMILES string of the molecule is C1=C2C(=C3C=c4ccccc4=C3S2(c2ccccc2)c2ccccc2)c2[nH]c3ccccc3c2C1. The third-order valence-corrected chi connectivity index (χ3v) is 11.7. The van der Waals surface area contributed by atoms with E-state index in [2.05, 4.69) is 126 Å². The van der Waals surface area contributed by atoms with E-state index in [1.54, 1.807) is 0 Å². The highest BCUT2D eigenvalue weighted by molar-refractivity contribution is 8.44. The molecule has 0 atom stereocenters. The first-order valence-electron chi connectivity index (χ1n) is 12.2. The highest BCUT2D eigenvalue weighted by atomic mass is 32.3. The molecule has 0 saturated carbocycles. The van der Waals surface area contributed by atoms with Gasteiger partial charge in [0.1, 0.15) is 0 Å². The van der Waals surface area contributed by atoms with E-state index in [4.69, 9.17) is 0 Å². The number of para-hydroxylation sites is 1. The van der Waals surface area contributed by atoms with E-state index in [1.165, 1.54) is 63.3 Å². The van der Waals surface area contributed by atoms with Crippen molar-refractivity contribution >= 4 is 37.5 Å². The summed E-state index contributed by atoms with van der Waals surface area (Å²) in [5.41, 5.74) is 6.75. The molecule has 0 bridgehead atoms. The van der Waals surface area contributed by atoms with Crippen molar-refractivity contribution in [2.75, 3.05) is 0 Å². The maximum atomic E-state index is 3.85. The van der Waals surface area contributed by atoms with Gasteiger partial charge in [-0.3, -0.25) is 0 Å². The Balaban J connectivity index is 1.58. The zero-order chi connectivity index (χ0) is 23.0. The molecular weight excluding hydrogens is 442 g/mol. The predicted molar refractivity (Wildman–Crippen MR) is 148 cm³/mol. The molecule has 35 heavy (non-hydrogen) atoms. The van der Waals surface area contributed by atoms with Gasteiger partial charge in [0, 0.05) is 36.1 Å². The fourth-order valence-electron chi connectivity index (χ4n) is 6.29. The van der Waals surface area contributed by atoms with E-state index in [-0.39, 0.29) is 0 Å². The van der Waals surface area contributed by atoms with Crippen LogP contribution in [0.2, 0.25) is 0 Å². The van der Waals surface area contributed by atoms with Crippen LogP contribution in [0.4, 0.5) is 0 Å². The summed E-state index contributed by atoms with van der Waals surface area (Å²) in [4.78, 5) is 9.65. The molecule has 2 heterocycles. The first kappa shape index (κ1) is 19.3. The quantitative estimate of drug-likeness (QED) is 0.292. The number of allylic oxidation sites excluding steroid dienone is 2. The number of rotatable bonds is 2. The molecule has 1 N–H and O–H groups in total. The van der Waals surface area contributed by atoms with Crippen LogP contribution in [-0.2, 0) is 6.42 Å². The third-order valence-electron chi connectivity index (χ3n) is 7.65. The number of aromatic amines is 1. The van der Waals surface area contributed by atoms with E-state index in [9.17, 15) is 0 Å². The number of H-pyrrole nitrogens is 1. The lowest BCUT2D eigenvalue weighted by Gasteiger charge is -2.41. The Morgan fingerprint density at radius 1 is 0.657 bits per heavy atom. The fraction of sp³-hybridized carbons (Fsp3) is 0.0303. The monoisotopic (exact) mass is 465 g/mol. The number of fused-ring (bicyclic) bond motifs is 7. The first-order chi connectivity index (χ1) is 17.4. The molecule has 0 radical (unpaired) electrons. The maximum Gasteiger partial charge on any atom is 0.0518 e. The Kier molecular flexibility index (Phi) is 3.86. The molecule has 0 fully saturated rings. The van der Waals surface area contributed by atoms with Crippen LogP contribution in [-0.4, -0.2) is 4.98 Å². The summed E-state index contributed by atoms with van der Waals surface area (Å²) in [5, 5.41) is 4.05. The lowest BCUT2D eigenvalue weighted by molar-refractivity contribution is 1.21. The topological polar surface area (TPSA) is 15.8 Å². The van der Waals surface area contributed by atoms with Crippen LogP contribution in [0.25, 0.3) is 27.5 Å². The second kappa shape index (κ2) is 7.00. The summed E-state index contributed by atoms with van der Waals surface area (Å²) in [6, 6.07) is 40.2. The standard InChI is InChI=1S/C33H23NS/c1-3-12-23(13-4-1)35(24-14-5-2-6-15-24)30-20-19-27-26-17-9-10-18-29(26)34-32(27)31(30)28-21-22-11-7-8-16-25(22)33(28)35/h1-18,20-21,34H,19H2. The van der Waals surface area contributed by atoms with E-state index in [1.807, 2.05) is 0 Å². The molecule has 0 unspecified atom stereocenters. The van der Waals surface area contributed by atoms with E-state index >= 15 is 0 Å². The van der Waals surface area contributed by atoms with Crippen molar-refractivity contribution in [3.8, 4) is 0 Å². The van der Waals surface area contributed by atoms with Gasteiger partial charge in [0.25, 0.3) is 0 Å². The average Bonchev–Trinajstić information content (AvgIpc) is 3.57. The van der Waals surface area contributed by atoms with Crippen LogP contribution in [0, 0.1) is 0 Å². The second-order valence-corrected chi connectivity index (χ2v) is 12.4. The summed E-state index contributed by atoms with van der Waals surface area (Å²) in [6.07, 6.45) is 5.94. The van der Waals surface area contributed by atoms with Gasteiger partial charge in [-0.2, -0.15) is 0 Å². The van der Waals surface area contributed by atoms with E-state index in [0.717, 1.165) is 6.42 Å². The molecule has 5 aromatic rings. The number of aromatic nitrogens is 1. The Hall–Kier alpha value is -4.01. The number of benzene rings is 4. The number of nitrogens with one attached hydrogen (secondary N) is 1. The number of hydrogen-bond donors (Lipinski definition) is 1. The largest absolute Gasteiger partial charge is 0.354 e. The third kappa shape index (κ3) is 2.40.